The molecule has 1 aromatic rings. The first-order valence-corrected chi connectivity index (χ1v) is 6.95. The molecule has 4 N–H and O–H groups in total. The third-order valence-electron chi connectivity index (χ3n) is 3.27. The second-order valence-electron chi connectivity index (χ2n) is 5.05. The summed E-state index contributed by atoms with van der Waals surface area (Å²) in [6, 6.07) is 0.584. The van der Waals surface area contributed by atoms with Crippen LogP contribution in [0.1, 0.15) is 42.2 Å². The molecular formula is C13H16ClN3O4. The normalized spacial score (nSPS) is 15.5. The van der Waals surface area contributed by atoms with Gasteiger partial charge in [0.25, 0.3) is 5.91 Å². The molecule has 1 aliphatic carbocycles. The SMILES string of the molecule is NC(=O)CCC(NC(=O)c1cc(Cl)cn1C1CC1)C(=O)O. The van der Waals surface area contributed by atoms with E-state index in [4.69, 9.17) is 22.4 Å². The molecule has 0 aliphatic heterocycles. The van der Waals surface area contributed by atoms with Crippen molar-refractivity contribution in [1.29, 1.82) is 0 Å². The third-order valence-corrected chi connectivity index (χ3v) is 3.48. The van der Waals surface area contributed by atoms with Gasteiger partial charge in [-0.05, 0) is 25.3 Å². The van der Waals surface area contributed by atoms with Gasteiger partial charge in [-0.25, -0.2) is 4.79 Å². The van der Waals surface area contributed by atoms with E-state index in [1.165, 1.54) is 6.07 Å². The molecule has 7 nitrogen and oxygen atoms in total. The van der Waals surface area contributed by atoms with Crippen LogP contribution in [0.2, 0.25) is 5.02 Å². The lowest BCUT2D eigenvalue weighted by molar-refractivity contribution is -0.139. The predicted octanol–water partition coefficient (Wildman–Crippen LogP) is 0.925. The zero-order chi connectivity index (χ0) is 15.6. The van der Waals surface area contributed by atoms with Gasteiger partial charge in [0, 0.05) is 18.7 Å². The van der Waals surface area contributed by atoms with E-state index in [0.29, 0.717) is 10.7 Å². The summed E-state index contributed by atoms with van der Waals surface area (Å²) in [5.74, 6) is -2.34. The van der Waals surface area contributed by atoms with Crippen molar-refractivity contribution in [3.05, 3.63) is 23.0 Å². The quantitative estimate of drug-likeness (QED) is 0.694. The van der Waals surface area contributed by atoms with Gasteiger partial charge >= 0.3 is 5.97 Å². The van der Waals surface area contributed by atoms with E-state index in [-0.39, 0.29) is 18.9 Å². The summed E-state index contributed by atoms with van der Waals surface area (Å²) in [5, 5.41) is 11.9. The van der Waals surface area contributed by atoms with E-state index in [2.05, 4.69) is 5.32 Å². The van der Waals surface area contributed by atoms with Crippen LogP contribution in [0, 0.1) is 0 Å². The number of primary amides is 1. The second-order valence-corrected chi connectivity index (χ2v) is 5.49. The summed E-state index contributed by atoms with van der Waals surface area (Å²) in [5.41, 5.74) is 5.32. The van der Waals surface area contributed by atoms with Gasteiger partial charge in [0.05, 0.1) is 5.02 Å². The molecule has 21 heavy (non-hydrogen) atoms. The molecule has 1 heterocycles. The highest BCUT2D eigenvalue weighted by atomic mass is 35.5. The molecule has 1 saturated carbocycles. The molecule has 1 aromatic heterocycles. The lowest BCUT2D eigenvalue weighted by Gasteiger charge is -2.14. The number of halogens is 1. The molecule has 1 atom stereocenters. The van der Waals surface area contributed by atoms with Gasteiger partial charge in [0.1, 0.15) is 11.7 Å². The fraction of sp³-hybridized carbons (Fsp3) is 0.462. The first kappa shape index (κ1) is 15.4. The minimum absolute atomic E-state index is 0.0473. The van der Waals surface area contributed by atoms with E-state index < -0.39 is 23.8 Å². The standard InChI is InChI=1S/C13H16ClN3O4/c14-7-5-10(17(6-7)8-1-2-8)12(19)16-9(13(20)21)3-4-11(15)18/h5-6,8-9H,1-4H2,(H2,15,18)(H,16,19)(H,20,21). The summed E-state index contributed by atoms with van der Waals surface area (Å²) in [7, 11) is 0. The summed E-state index contributed by atoms with van der Waals surface area (Å²) in [6.07, 6.45) is 3.44. The number of aliphatic carboxylic acids is 1. The van der Waals surface area contributed by atoms with Crippen molar-refractivity contribution in [3.8, 4) is 0 Å². The van der Waals surface area contributed by atoms with Gasteiger partial charge in [0.2, 0.25) is 5.91 Å². The highest BCUT2D eigenvalue weighted by Crippen LogP contribution is 2.37. The van der Waals surface area contributed by atoms with Gasteiger partial charge in [-0.2, -0.15) is 0 Å². The summed E-state index contributed by atoms with van der Waals surface area (Å²) < 4.78 is 1.75. The molecule has 0 radical (unpaired) electrons. The van der Waals surface area contributed by atoms with E-state index in [1.807, 2.05) is 0 Å². The Hall–Kier alpha value is -2.02. The Kier molecular flexibility index (Phi) is 4.52. The lowest BCUT2D eigenvalue weighted by atomic mass is 10.1. The van der Waals surface area contributed by atoms with Crippen molar-refractivity contribution in [3.63, 3.8) is 0 Å². The molecule has 0 aromatic carbocycles. The maximum Gasteiger partial charge on any atom is 0.326 e. The van der Waals surface area contributed by atoms with Crippen molar-refractivity contribution < 1.29 is 19.5 Å². The van der Waals surface area contributed by atoms with E-state index in [0.717, 1.165) is 12.8 Å². The Morgan fingerprint density at radius 3 is 2.67 bits per heavy atom. The highest BCUT2D eigenvalue weighted by molar-refractivity contribution is 6.31. The van der Waals surface area contributed by atoms with Crippen molar-refractivity contribution in [1.82, 2.24) is 9.88 Å². The number of carboxylic acid groups (broad SMARTS) is 1. The van der Waals surface area contributed by atoms with Crippen LogP contribution in [-0.4, -0.2) is 33.5 Å². The summed E-state index contributed by atoms with van der Waals surface area (Å²) in [4.78, 5) is 34.0. The van der Waals surface area contributed by atoms with Crippen LogP contribution in [0.5, 0.6) is 0 Å². The number of carboxylic acids is 1. The predicted molar refractivity (Wildman–Crippen MR) is 75.0 cm³/mol. The topological polar surface area (TPSA) is 114 Å². The Bertz CT molecular complexity index is 580. The molecule has 8 heteroatoms. The van der Waals surface area contributed by atoms with Crippen LogP contribution in [0.15, 0.2) is 12.3 Å². The molecule has 2 amide bonds. The van der Waals surface area contributed by atoms with Gasteiger partial charge in [-0.1, -0.05) is 11.6 Å². The number of hydrogen-bond donors (Lipinski definition) is 3. The van der Waals surface area contributed by atoms with E-state index in [9.17, 15) is 14.4 Å². The Morgan fingerprint density at radius 2 is 2.14 bits per heavy atom. The van der Waals surface area contributed by atoms with Crippen molar-refractivity contribution in [2.24, 2.45) is 5.73 Å². The lowest BCUT2D eigenvalue weighted by Crippen LogP contribution is -2.42. The minimum atomic E-state index is -1.21. The fourth-order valence-corrected chi connectivity index (χ4v) is 2.27. The zero-order valence-electron chi connectivity index (χ0n) is 11.2. The Morgan fingerprint density at radius 1 is 1.48 bits per heavy atom. The van der Waals surface area contributed by atoms with Gasteiger partial charge in [0.15, 0.2) is 0 Å². The number of nitrogens with two attached hydrogens (primary N) is 1. The number of rotatable bonds is 7. The molecule has 1 unspecified atom stereocenters. The van der Waals surface area contributed by atoms with Crippen LogP contribution in [0.3, 0.4) is 0 Å². The van der Waals surface area contributed by atoms with Crippen molar-refractivity contribution >= 4 is 29.4 Å². The van der Waals surface area contributed by atoms with Gasteiger partial charge in [-0.15, -0.1) is 0 Å². The van der Waals surface area contributed by atoms with Crippen LogP contribution >= 0.6 is 11.6 Å². The van der Waals surface area contributed by atoms with Crippen molar-refractivity contribution in [2.45, 2.75) is 37.8 Å². The number of nitrogens with zero attached hydrogens (tertiary/aromatic N) is 1. The summed E-state index contributed by atoms with van der Waals surface area (Å²) >= 11 is 5.90. The Balaban J connectivity index is 2.08. The largest absolute Gasteiger partial charge is 0.480 e. The number of carbonyl (C=O) groups is 3. The van der Waals surface area contributed by atoms with Crippen LogP contribution in [0.4, 0.5) is 0 Å². The molecule has 0 saturated heterocycles. The van der Waals surface area contributed by atoms with Crippen LogP contribution in [-0.2, 0) is 9.59 Å². The third kappa shape index (κ3) is 3.98. The van der Waals surface area contributed by atoms with Gasteiger partial charge in [-0.3, -0.25) is 9.59 Å². The van der Waals surface area contributed by atoms with Crippen LogP contribution < -0.4 is 11.1 Å². The molecule has 1 fully saturated rings. The molecular weight excluding hydrogens is 298 g/mol. The van der Waals surface area contributed by atoms with Gasteiger partial charge < -0.3 is 20.7 Å². The zero-order valence-corrected chi connectivity index (χ0v) is 12.0. The average molecular weight is 314 g/mol. The molecule has 0 bridgehead atoms. The Labute approximate surface area is 126 Å². The average Bonchev–Trinajstić information content (AvgIpc) is 3.16. The fourth-order valence-electron chi connectivity index (χ4n) is 2.06. The van der Waals surface area contributed by atoms with Crippen LogP contribution in [0.25, 0.3) is 0 Å². The number of amides is 2. The molecule has 114 valence electrons. The minimum Gasteiger partial charge on any atom is -0.480 e. The number of aromatic nitrogens is 1. The monoisotopic (exact) mass is 313 g/mol. The number of carbonyl (C=O) groups excluding carboxylic acids is 2. The first-order valence-electron chi connectivity index (χ1n) is 6.58. The smallest absolute Gasteiger partial charge is 0.326 e. The molecule has 0 spiro atoms. The van der Waals surface area contributed by atoms with Crippen molar-refractivity contribution in [2.75, 3.05) is 0 Å². The molecule has 2 rings (SSSR count). The highest BCUT2D eigenvalue weighted by Gasteiger charge is 2.29. The molecule has 1 aliphatic rings. The first-order chi connectivity index (χ1) is 9.88. The summed E-state index contributed by atoms with van der Waals surface area (Å²) in [6.45, 7) is 0. The van der Waals surface area contributed by atoms with E-state index in [1.54, 1.807) is 10.8 Å². The number of hydrogen-bond acceptors (Lipinski definition) is 3. The maximum absolute atomic E-state index is 12.2. The second kappa shape index (κ2) is 6.17. The number of nitrogens with one attached hydrogen (secondary N) is 1. The van der Waals surface area contributed by atoms with E-state index >= 15 is 0 Å². The maximum atomic E-state index is 12.2.